The molecule has 3 heterocycles. The minimum atomic E-state index is -0.0535. The van der Waals surface area contributed by atoms with Crippen molar-refractivity contribution in [2.75, 3.05) is 32.8 Å². The van der Waals surface area contributed by atoms with E-state index >= 15 is 0 Å². The van der Waals surface area contributed by atoms with Crippen molar-refractivity contribution < 1.29 is 9.53 Å². The van der Waals surface area contributed by atoms with Gasteiger partial charge in [-0.25, -0.2) is 0 Å². The Kier molecular flexibility index (Phi) is 4.78. The van der Waals surface area contributed by atoms with E-state index < -0.39 is 0 Å². The minimum Gasteiger partial charge on any atom is -0.378 e. The summed E-state index contributed by atoms with van der Waals surface area (Å²) in [6.07, 6.45) is 6.26. The maximum Gasteiger partial charge on any atom is 0.239 e. The quantitative estimate of drug-likeness (QED) is 0.829. The van der Waals surface area contributed by atoms with Crippen molar-refractivity contribution in [2.24, 2.45) is 0 Å². The van der Waals surface area contributed by atoms with E-state index in [1.54, 1.807) is 0 Å². The Morgan fingerprint density at radius 3 is 2.86 bits per heavy atom. The van der Waals surface area contributed by atoms with Crippen LogP contribution in [0.4, 0.5) is 0 Å². The summed E-state index contributed by atoms with van der Waals surface area (Å²) in [5, 5.41) is 4.39. The van der Waals surface area contributed by atoms with Gasteiger partial charge in [0.25, 0.3) is 0 Å². The van der Waals surface area contributed by atoms with Crippen LogP contribution in [0.5, 0.6) is 0 Å². The van der Waals surface area contributed by atoms with Gasteiger partial charge in [0.2, 0.25) is 5.91 Å². The van der Waals surface area contributed by atoms with Gasteiger partial charge in [-0.15, -0.1) is 0 Å². The molecule has 2 unspecified atom stereocenters. The average Bonchev–Trinajstić information content (AvgIpc) is 3.16. The fourth-order valence-corrected chi connectivity index (χ4v) is 3.54. The van der Waals surface area contributed by atoms with Gasteiger partial charge in [0.15, 0.2) is 0 Å². The molecule has 6 nitrogen and oxygen atoms in total. The number of hydrogen-bond acceptors (Lipinski definition) is 4. The minimum absolute atomic E-state index is 0.0535. The molecular weight excluding hydrogens is 280 g/mol. The molecule has 1 aromatic heterocycles. The van der Waals surface area contributed by atoms with E-state index in [-0.39, 0.29) is 11.9 Å². The van der Waals surface area contributed by atoms with Crippen molar-refractivity contribution in [3.05, 3.63) is 18.0 Å². The zero-order valence-electron chi connectivity index (χ0n) is 13.6. The van der Waals surface area contributed by atoms with Gasteiger partial charge in [-0.05, 0) is 38.8 Å². The predicted octanol–water partition coefficient (Wildman–Crippen LogP) is 0.903. The molecule has 1 amide bonds. The third-order valence-electron chi connectivity index (χ3n) is 4.76. The molecule has 0 aliphatic carbocycles. The van der Waals surface area contributed by atoms with Crippen LogP contribution in [0.25, 0.3) is 0 Å². The van der Waals surface area contributed by atoms with Crippen LogP contribution in [0.3, 0.4) is 0 Å². The number of morpholine rings is 1. The number of rotatable bonds is 4. The topological polar surface area (TPSA) is 50.6 Å². The maximum atomic E-state index is 12.7. The lowest BCUT2D eigenvalue weighted by molar-refractivity contribution is -0.141. The first kappa shape index (κ1) is 15.5. The molecule has 1 aromatic rings. The molecule has 0 spiro atoms. The van der Waals surface area contributed by atoms with Crippen LogP contribution in [0.2, 0.25) is 0 Å². The van der Waals surface area contributed by atoms with Gasteiger partial charge in [-0.1, -0.05) is 0 Å². The molecule has 0 bridgehead atoms. The fraction of sp³-hybridized carbons (Fsp3) is 0.750. The number of aryl methyl sites for hydroxylation is 1. The van der Waals surface area contributed by atoms with Crippen LogP contribution in [0, 0.1) is 6.92 Å². The molecule has 2 atom stereocenters. The summed E-state index contributed by atoms with van der Waals surface area (Å²) in [7, 11) is 0. The normalized spacial score (nSPS) is 24.6. The summed E-state index contributed by atoms with van der Waals surface area (Å²) in [4.78, 5) is 17.0. The first-order valence-electron chi connectivity index (χ1n) is 8.26. The van der Waals surface area contributed by atoms with E-state index in [1.807, 2.05) is 22.7 Å². The van der Waals surface area contributed by atoms with Crippen LogP contribution in [0.1, 0.15) is 25.3 Å². The molecule has 22 heavy (non-hydrogen) atoms. The number of likely N-dealkylation sites (tertiary alicyclic amines) is 1. The molecule has 2 aliphatic heterocycles. The molecule has 0 radical (unpaired) electrons. The molecule has 2 fully saturated rings. The zero-order chi connectivity index (χ0) is 15.5. The maximum absolute atomic E-state index is 12.7. The van der Waals surface area contributed by atoms with Crippen molar-refractivity contribution in [3.8, 4) is 0 Å². The number of nitrogens with zero attached hydrogens (tertiary/aromatic N) is 4. The number of aromatic nitrogens is 2. The van der Waals surface area contributed by atoms with E-state index in [4.69, 9.17) is 4.74 Å². The van der Waals surface area contributed by atoms with Gasteiger partial charge >= 0.3 is 0 Å². The van der Waals surface area contributed by atoms with Gasteiger partial charge in [0, 0.05) is 25.3 Å². The second-order valence-corrected chi connectivity index (χ2v) is 6.39. The molecule has 0 saturated carbocycles. The van der Waals surface area contributed by atoms with E-state index in [1.165, 1.54) is 5.56 Å². The molecule has 6 heteroatoms. The summed E-state index contributed by atoms with van der Waals surface area (Å²) in [5.41, 5.74) is 1.18. The molecule has 122 valence electrons. The highest BCUT2D eigenvalue weighted by Crippen LogP contribution is 2.22. The zero-order valence-corrected chi connectivity index (χ0v) is 13.6. The van der Waals surface area contributed by atoms with E-state index in [9.17, 15) is 4.79 Å². The summed E-state index contributed by atoms with van der Waals surface area (Å²) in [5.74, 6) is 0.242. The van der Waals surface area contributed by atoms with Gasteiger partial charge < -0.3 is 9.64 Å². The van der Waals surface area contributed by atoms with Gasteiger partial charge in [0.1, 0.15) is 0 Å². The number of carbonyl (C=O) groups is 1. The highest BCUT2D eigenvalue weighted by molar-refractivity contribution is 5.81. The Bertz CT molecular complexity index is 510. The van der Waals surface area contributed by atoms with Crippen molar-refractivity contribution in [1.29, 1.82) is 0 Å². The smallest absolute Gasteiger partial charge is 0.239 e. The number of ether oxygens (including phenoxy) is 1. The largest absolute Gasteiger partial charge is 0.378 e. The second kappa shape index (κ2) is 6.79. The number of carbonyl (C=O) groups excluding carboxylic acids is 1. The first-order chi connectivity index (χ1) is 10.6. The molecule has 0 N–H and O–H groups in total. The highest BCUT2D eigenvalue weighted by Gasteiger charge is 2.34. The summed E-state index contributed by atoms with van der Waals surface area (Å²) in [6.45, 7) is 8.74. The van der Waals surface area contributed by atoms with Crippen LogP contribution in [0.15, 0.2) is 12.4 Å². The summed E-state index contributed by atoms with van der Waals surface area (Å²) < 4.78 is 7.34. The first-order valence-corrected chi connectivity index (χ1v) is 8.26. The van der Waals surface area contributed by atoms with Crippen molar-refractivity contribution in [3.63, 3.8) is 0 Å². The highest BCUT2D eigenvalue weighted by atomic mass is 16.5. The Morgan fingerprint density at radius 2 is 2.18 bits per heavy atom. The SMILES string of the molecule is Cc1cnn(CC2CCCN2C(C)C(=O)N2CCOCC2)c1. The van der Waals surface area contributed by atoms with Crippen LogP contribution in [-0.4, -0.2) is 70.4 Å². The molecule has 2 saturated heterocycles. The molecule has 0 aromatic carbocycles. The average molecular weight is 306 g/mol. The third kappa shape index (κ3) is 3.33. The van der Waals surface area contributed by atoms with Crippen LogP contribution in [-0.2, 0) is 16.1 Å². The number of amides is 1. The van der Waals surface area contributed by atoms with Crippen LogP contribution < -0.4 is 0 Å². The van der Waals surface area contributed by atoms with Crippen LogP contribution >= 0.6 is 0 Å². The second-order valence-electron chi connectivity index (χ2n) is 6.39. The van der Waals surface area contributed by atoms with Crippen molar-refractivity contribution in [1.82, 2.24) is 19.6 Å². The third-order valence-corrected chi connectivity index (χ3v) is 4.76. The number of hydrogen-bond donors (Lipinski definition) is 0. The molecule has 3 rings (SSSR count). The lowest BCUT2D eigenvalue weighted by Crippen LogP contribution is -2.52. The predicted molar refractivity (Wildman–Crippen MR) is 83.6 cm³/mol. The van der Waals surface area contributed by atoms with Gasteiger partial charge in [-0.3, -0.25) is 14.4 Å². The Balaban J connectivity index is 1.62. The fourth-order valence-electron chi connectivity index (χ4n) is 3.54. The Hall–Kier alpha value is -1.40. The Labute approximate surface area is 132 Å². The van der Waals surface area contributed by atoms with Gasteiger partial charge in [-0.2, -0.15) is 5.10 Å². The molecule has 2 aliphatic rings. The van der Waals surface area contributed by atoms with Crippen molar-refractivity contribution in [2.45, 2.75) is 45.3 Å². The summed E-state index contributed by atoms with van der Waals surface area (Å²) in [6, 6.07) is 0.349. The van der Waals surface area contributed by atoms with E-state index in [0.717, 1.165) is 39.0 Å². The monoisotopic (exact) mass is 306 g/mol. The van der Waals surface area contributed by atoms with Crippen molar-refractivity contribution >= 4 is 5.91 Å². The lowest BCUT2D eigenvalue weighted by atomic mass is 10.1. The lowest BCUT2D eigenvalue weighted by Gasteiger charge is -2.35. The van der Waals surface area contributed by atoms with Gasteiger partial charge in [0.05, 0.1) is 32.0 Å². The van der Waals surface area contributed by atoms with E-state index in [2.05, 4.69) is 23.1 Å². The Morgan fingerprint density at radius 1 is 1.41 bits per heavy atom. The summed E-state index contributed by atoms with van der Waals surface area (Å²) >= 11 is 0. The van der Waals surface area contributed by atoms with E-state index in [0.29, 0.717) is 19.3 Å². The standard InChI is InChI=1S/C16H26N4O2/c1-13-10-17-19(11-13)12-15-4-3-5-20(15)14(2)16(21)18-6-8-22-9-7-18/h10-11,14-15H,3-9,12H2,1-2H3. The molecular formula is C16H26N4O2.